The largest absolute Gasteiger partial charge is 0.573 e. The van der Waals surface area contributed by atoms with E-state index in [0.29, 0.717) is 17.4 Å². The molecule has 0 amide bonds. The summed E-state index contributed by atoms with van der Waals surface area (Å²) < 4.78 is 44.7. The Morgan fingerprint density at radius 2 is 2.05 bits per heavy atom. The number of nitrogens with zero attached hydrogens (tertiary/aromatic N) is 3. The van der Waals surface area contributed by atoms with Gasteiger partial charge in [-0.25, -0.2) is 4.99 Å². The van der Waals surface area contributed by atoms with Gasteiger partial charge in [0.05, 0.1) is 0 Å². The molecule has 118 valence electrons. The summed E-state index contributed by atoms with van der Waals surface area (Å²) in [5.74, 6) is 0.517. The number of hydrogen-bond donors (Lipinski definition) is 2. The van der Waals surface area contributed by atoms with Crippen LogP contribution in [0.25, 0.3) is 0 Å². The van der Waals surface area contributed by atoms with Crippen LogP contribution in [0.2, 0.25) is 0 Å². The number of benzene rings is 1. The minimum atomic E-state index is -4.72. The van der Waals surface area contributed by atoms with Crippen LogP contribution >= 0.6 is 0 Å². The van der Waals surface area contributed by atoms with Gasteiger partial charge in [0.1, 0.15) is 12.3 Å². The maximum absolute atomic E-state index is 12.0. The highest BCUT2D eigenvalue weighted by Gasteiger charge is 2.30. The van der Waals surface area contributed by atoms with Gasteiger partial charge in [0.25, 0.3) is 0 Å². The molecule has 1 heterocycles. The molecule has 0 unspecified atom stereocenters. The predicted octanol–water partition coefficient (Wildman–Crippen LogP) is 2.20. The van der Waals surface area contributed by atoms with Crippen LogP contribution in [0.4, 0.5) is 18.9 Å². The molecule has 2 aromatic rings. The number of alkyl halides is 3. The normalized spacial score (nSPS) is 12.3. The van der Waals surface area contributed by atoms with Crippen LogP contribution in [0, 0.1) is 6.92 Å². The molecule has 0 spiro atoms. The lowest BCUT2D eigenvalue weighted by Crippen LogP contribution is -2.22. The van der Waals surface area contributed by atoms with Crippen molar-refractivity contribution in [3.63, 3.8) is 0 Å². The van der Waals surface area contributed by atoms with E-state index in [9.17, 15) is 13.2 Å². The van der Waals surface area contributed by atoms with E-state index < -0.39 is 6.36 Å². The maximum Gasteiger partial charge on any atom is 0.573 e. The first-order valence-corrected chi connectivity index (χ1v) is 6.04. The molecule has 0 aliphatic rings. The van der Waals surface area contributed by atoms with E-state index in [4.69, 9.17) is 10.3 Å². The van der Waals surface area contributed by atoms with Crippen LogP contribution in [0.1, 0.15) is 11.7 Å². The molecule has 0 radical (unpaired) electrons. The summed E-state index contributed by atoms with van der Waals surface area (Å²) in [6.07, 6.45) is -4.72. The minimum absolute atomic E-state index is 0.0559. The summed E-state index contributed by atoms with van der Waals surface area (Å²) in [5, 5.41) is 6.31. The van der Waals surface area contributed by atoms with E-state index >= 15 is 0 Å². The number of aliphatic imine (C=N–C) groups is 1. The SMILES string of the molecule is Cc1noc(CN=C(N)Nc2ccc(OC(F)(F)F)cc2)n1. The molecule has 0 atom stereocenters. The van der Waals surface area contributed by atoms with E-state index in [1.165, 1.54) is 12.1 Å². The Balaban J connectivity index is 1.92. The number of rotatable bonds is 4. The summed E-state index contributed by atoms with van der Waals surface area (Å²) in [6.45, 7) is 1.76. The molecule has 0 saturated carbocycles. The highest BCUT2D eigenvalue weighted by molar-refractivity contribution is 5.92. The Morgan fingerprint density at radius 1 is 1.36 bits per heavy atom. The van der Waals surface area contributed by atoms with Gasteiger partial charge in [-0.1, -0.05) is 5.16 Å². The fourth-order valence-corrected chi connectivity index (χ4v) is 1.48. The van der Waals surface area contributed by atoms with Gasteiger partial charge in [0.15, 0.2) is 11.8 Å². The van der Waals surface area contributed by atoms with Crippen molar-refractivity contribution in [1.82, 2.24) is 10.1 Å². The zero-order valence-electron chi connectivity index (χ0n) is 11.4. The monoisotopic (exact) mass is 315 g/mol. The Morgan fingerprint density at radius 3 is 2.59 bits per heavy atom. The summed E-state index contributed by atoms with van der Waals surface area (Å²) >= 11 is 0. The molecule has 7 nitrogen and oxygen atoms in total. The van der Waals surface area contributed by atoms with Gasteiger partial charge in [0, 0.05) is 5.69 Å². The lowest BCUT2D eigenvalue weighted by molar-refractivity contribution is -0.274. The number of nitrogens with one attached hydrogen (secondary N) is 1. The van der Waals surface area contributed by atoms with E-state index in [2.05, 4.69) is 25.2 Å². The summed E-state index contributed by atoms with van der Waals surface area (Å²) in [4.78, 5) is 7.90. The zero-order chi connectivity index (χ0) is 16.2. The van der Waals surface area contributed by atoms with Gasteiger partial charge in [-0.3, -0.25) is 0 Å². The average molecular weight is 315 g/mol. The summed E-state index contributed by atoms with van der Waals surface area (Å²) in [7, 11) is 0. The molecular formula is C12H12F3N5O2. The zero-order valence-corrected chi connectivity index (χ0v) is 11.4. The Kier molecular flexibility index (Phi) is 4.49. The predicted molar refractivity (Wildman–Crippen MR) is 71.1 cm³/mol. The van der Waals surface area contributed by atoms with Crippen molar-refractivity contribution in [2.75, 3.05) is 5.32 Å². The third-order valence-corrected chi connectivity index (χ3v) is 2.31. The van der Waals surface area contributed by atoms with Gasteiger partial charge < -0.3 is 20.3 Å². The van der Waals surface area contributed by atoms with E-state index in [-0.39, 0.29) is 18.3 Å². The van der Waals surface area contributed by atoms with E-state index in [0.717, 1.165) is 12.1 Å². The molecule has 0 aliphatic heterocycles. The molecular weight excluding hydrogens is 303 g/mol. The summed E-state index contributed by atoms with van der Waals surface area (Å²) in [5.41, 5.74) is 6.09. The number of guanidine groups is 1. The lowest BCUT2D eigenvalue weighted by Gasteiger charge is -2.10. The van der Waals surface area contributed by atoms with Crippen LogP contribution in [0.5, 0.6) is 5.75 Å². The molecule has 0 bridgehead atoms. The van der Waals surface area contributed by atoms with Gasteiger partial charge in [-0.05, 0) is 31.2 Å². The molecule has 3 N–H and O–H groups in total. The van der Waals surface area contributed by atoms with Crippen molar-refractivity contribution in [3.05, 3.63) is 36.0 Å². The Labute approximate surface area is 123 Å². The minimum Gasteiger partial charge on any atom is -0.406 e. The third kappa shape index (κ3) is 4.96. The van der Waals surface area contributed by atoms with Crippen molar-refractivity contribution in [2.45, 2.75) is 19.8 Å². The highest BCUT2D eigenvalue weighted by atomic mass is 19.4. The number of nitrogens with two attached hydrogens (primary N) is 1. The second kappa shape index (κ2) is 6.33. The van der Waals surface area contributed by atoms with Crippen LogP contribution in [-0.4, -0.2) is 22.5 Å². The third-order valence-electron chi connectivity index (χ3n) is 2.31. The Hall–Kier alpha value is -2.78. The number of halogens is 3. The van der Waals surface area contributed by atoms with Crippen molar-refractivity contribution in [3.8, 4) is 5.75 Å². The molecule has 0 aliphatic carbocycles. The number of aromatic nitrogens is 2. The average Bonchev–Trinajstić information content (AvgIpc) is 2.83. The van der Waals surface area contributed by atoms with Crippen molar-refractivity contribution >= 4 is 11.6 Å². The topological polar surface area (TPSA) is 98.6 Å². The van der Waals surface area contributed by atoms with E-state index in [1.54, 1.807) is 6.92 Å². The van der Waals surface area contributed by atoms with Crippen molar-refractivity contribution in [1.29, 1.82) is 0 Å². The number of aryl methyl sites for hydroxylation is 1. The molecule has 2 rings (SSSR count). The lowest BCUT2D eigenvalue weighted by atomic mass is 10.3. The first kappa shape index (κ1) is 15.6. The van der Waals surface area contributed by atoms with Gasteiger partial charge in [-0.15, -0.1) is 13.2 Å². The second-order valence-corrected chi connectivity index (χ2v) is 4.13. The highest BCUT2D eigenvalue weighted by Crippen LogP contribution is 2.23. The van der Waals surface area contributed by atoms with Crippen molar-refractivity contribution in [2.24, 2.45) is 10.7 Å². The first-order valence-electron chi connectivity index (χ1n) is 6.04. The van der Waals surface area contributed by atoms with Crippen LogP contribution in [0.15, 0.2) is 33.8 Å². The molecule has 1 aromatic heterocycles. The number of ether oxygens (including phenoxy) is 1. The molecule has 1 aromatic carbocycles. The van der Waals surface area contributed by atoms with Crippen LogP contribution in [-0.2, 0) is 6.54 Å². The first-order chi connectivity index (χ1) is 10.3. The Bertz CT molecular complexity index is 652. The van der Waals surface area contributed by atoms with Gasteiger partial charge in [-0.2, -0.15) is 4.98 Å². The molecule has 0 saturated heterocycles. The summed E-state index contributed by atoms with van der Waals surface area (Å²) in [6, 6.07) is 5.07. The van der Waals surface area contributed by atoms with Gasteiger partial charge >= 0.3 is 6.36 Å². The molecule has 22 heavy (non-hydrogen) atoms. The second-order valence-electron chi connectivity index (χ2n) is 4.13. The quantitative estimate of drug-likeness (QED) is 0.663. The standard InChI is InChI=1S/C12H12F3N5O2/c1-7-18-10(22-20-7)6-17-11(16)19-8-2-4-9(5-3-8)21-12(13,14)15/h2-5H,6H2,1H3,(H3,16,17,19). The van der Waals surface area contributed by atoms with Crippen LogP contribution < -0.4 is 15.8 Å². The van der Waals surface area contributed by atoms with Crippen LogP contribution in [0.3, 0.4) is 0 Å². The smallest absolute Gasteiger partial charge is 0.406 e. The molecule has 0 fully saturated rings. The van der Waals surface area contributed by atoms with E-state index in [1.807, 2.05) is 0 Å². The van der Waals surface area contributed by atoms with Crippen molar-refractivity contribution < 1.29 is 22.4 Å². The molecule has 10 heteroatoms. The van der Waals surface area contributed by atoms with Gasteiger partial charge in [0.2, 0.25) is 5.89 Å². The fraction of sp³-hybridized carbons (Fsp3) is 0.250. The number of anilines is 1. The fourth-order valence-electron chi connectivity index (χ4n) is 1.48. The number of hydrogen-bond acceptors (Lipinski definition) is 5. The maximum atomic E-state index is 12.0.